The molecular weight excluding hydrogens is 354 g/mol. The summed E-state index contributed by atoms with van der Waals surface area (Å²) in [5, 5.41) is 0. The van der Waals surface area contributed by atoms with Crippen molar-refractivity contribution in [2.45, 2.75) is 0 Å². The van der Waals surface area contributed by atoms with Gasteiger partial charge in [0.15, 0.2) is 0 Å². The Bertz CT molecular complexity index is 14.9. The zero-order valence-corrected chi connectivity index (χ0v) is 10.3. The Hall–Kier alpha value is 2.59. The Labute approximate surface area is 100.0 Å². The quantitative estimate of drug-likeness (QED) is 0.508. The zero-order chi connectivity index (χ0) is 2.00. The van der Waals surface area contributed by atoms with Gasteiger partial charge in [-0.3, -0.25) is 0 Å². The normalized spacial score (nSPS) is 0.857. The maximum atomic E-state index is 7.88. The summed E-state index contributed by atoms with van der Waals surface area (Å²) < 4.78 is 7.88. The summed E-state index contributed by atoms with van der Waals surface area (Å²) in [4.78, 5) is 0. The molecule has 0 aliphatic heterocycles. The van der Waals surface area contributed by atoms with E-state index >= 15 is 0 Å². The van der Waals surface area contributed by atoms with Gasteiger partial charge < -0.3 is 11.0 Å². The van der Waals surface area contributed by atoms with Crippen LogP contribution in [0.4, 0.5) is 0 Å². The molecule has 7 heavy (non-hydrogen) atoms. The summed E-state index contributed by atoms with van der Waals surface area (Å²) >= 11 is 2.62. The molecule has 0 saturated carbocycles. The third kappa shape index (κ3) is 55.6. The van der Waals surface area contributed by atoms with Crippen LogP contribution in [0, 0.1) is 0 Å². The van der Waals surface area contributed by atoms with Gasteiger partial charge >= 0.3 is 90.6 Å². The van der Waals surface area contributed by atoms with E-state index in [1.165, 1.54) is 0 Å². The maximum absolute atomic E-state index is 7.88. The summed E-state index contributed by atoms with van der Waals surface area (Å²) in [6.45, 7) is 0. The second-order valence-corrected chi connectivity index (χ2v) is 0. The molecule has 42 valence electrons. The molecule has 0 fully saturated rings. The van der Waals surface area contributed by atoms with E-state index in [9.17, 15) is 0 Å². The van der Waals surface area contributed by atoms with E-state index in [2.05, 4.69) is 15.4 Å². The Morgan fingerprint density at radius 2 is 1.00 bits per heavy atom. The molecular formula is AgInMgNiO3+2. The molecule has 0 aliphatic rings. The topological polar surface area (TPSA) is 74.1 Å². The van der Waals surface area contributed by atoms with E-state index in [1.807, 2.05) is 0 Å². The Balaban J connectivity index is -0.000000000500. The number of hydrogen-bond donors (Lipinski definition) is 0. The van der Waals surface area contributed by atoms with Gasteiger partial charge in [-0.2, -0.15) is 0 Å². The molecule has 0 N–H and O–H groups in total. The first kappa shape index (κ1) is 54.9. The fourth-order valence-corrected chi connectivity index (χ4v) is 0. The Morgan fingerprint density at radius 1 is 1.00 bits per heavy atom. The first-order valence-electron chi connectivity index (χ1n) is 0.129. The molecule has 0 aliphatic carbocycles. The van der Waals surface area contributed by atoms with Crippen molar-refractivity contribution >= 4 is 48.9 Å². The van der Waals surface area contributed by atoms with Crippen molar-refractivity contribution in [3.63, 3.8) is 0 Å². The number of hydrogen-bond acceptors (Lipinski definition) is 1. The first-order chi connectivity index (χ1) is 1.00. The Morgan fingerprint density at radius 3 is 1.00 bits per heavy atom. The van der Waals surface area contributed by atoms with Crippen LogP contribution in [0.15, 0.2) is 0 Å². The van der Waals surface area contributed by atoms with Gasteiger partial charge in [0.1, 0.15) is 0 Å². The third-order valence-electron chi connectivity index (χ3n) is 0. The molecule has 0 aromatic heterocycles. The average molecular weight is 354 g/mol. The van der Waals surface area contributed by atoms with Crippen LogP contribution in [0.2, 0.25) is 0 Å². The van der Waals surface area contributed by atoms with E-state index in [0.717, 1.165) is 0 Å². The molecule has 0 unspecified atom stereocenters. The van der Waals surface area contributed by atoms with Crippen molar-refractivity contribution in [1.82, 2.24) is 0 Å². The van der Waals surface area contributed by atoms with Crippen molar-refractivity contribution < 1.29 is 52.6 Å². The minimum atomic E-state index is 0. The molecule has 0 atom stereocenters. The summed E-state index contributed by atoms with van der Waals surface area (Å²) in [6, 6.07) is 0. The molecule has 0 amide bonds. The van der Waals surface area contributed by atoms with Gasteiger partial charge in [-0.25, -0.2) is 0 Å². The molecule has 0 radical (unpaired) electrons. The SMILES string of the molecule is [Ag+].[In+3].[Mg+2].[O-2].[O-2].[O]=[Ni]. The number of rotatable bonds is 0. The molecule has 7 heteroatoms. The van der Waals surface area contributed by atoms with Crippen LogP contribution in [-0.4, -0.2) is 48.9 Å². The summed E-state index contributed by atoms with van der Waals surface area (Å²) in [7, 11) is 0. The second-order valence-electron chi connectivity index (χ2n) is 0. The minimum absolute atomic E-state index is 0. The van der Waals surface area contributed by atoms with Gasteiger partial charge in [-0.05, 0) is 0 Å². The van der Waals surface area contributed by atoms with Gasteiger partial charge in [0.25, 0.3) is 0 Å². The molecule has 0 heterocycles. The molecule has 0 bridgehead atoms. The van der Waals surface area contributed by atoms with Crippen LogP contribution in [0.25, 0.3) is 0 Å². The summed E-state index contributed by atoms with van der Waals surface area (Å²) in [5.41, 5.74) is 0. The average Bonchev–Trinajstić information content (AvgIpc) is 1.00. The van der Waals surface area contributed by atoms with Crippen molar-refractivity contribution in [2.75, 3.05) is 0 Å². The second kappa shape index (κ2) is 73.8. The van der Waals surface area contributed by atoms with Crippen molar-refractivity contribution in [2.24, 2.45) is 0 Å². The summed E-state index contributed by atoms with van der Waals surface area (Å²) in [5.74, 6) is 0. The predicted octanol–water partition coefficient (Wildman–Crippen LogP) is -1.12. The fraction of sp³-hybridized carbons (Fsp3) is 0. The van der Waals surface area contributed by atoms with Gasteiger partial charge in [0.2, 0.25) is 0 Å². The van der Waals surface area contributed by atoms with E-state index < -0.39 is 0 Å². The molecule has 0 spiro atoms. The van der Waals surface area contributed by atoms with Gasteiger partial charge in [0, 0.05) is 0 Å². The van der Waals surface area contributed by atoms with E-state index in [4.69, 9.17) is 3.90 Å². The van der Waals surface area contributed by atoms with Crippen LogP contribution >= 0.6 is 0 Å². The standard InChI is InChI=1S/Ag.In.Mg.Ni.3O/q+1;+3;+2;;;2*-2. The first-order valence-corrected chi connectivity index (χ1v) is 0.532. The van der Waals surface area contributed by atoms with Crippen molar-refractivity contribution in [3.05, 3.63) is 0 Å². The van der Waals surface area contributed by atoms with E-state index in [1.54, 1.807) is 0 Å². The van der Waals surface area contributed by atoms with Crippen LogP contribution < -0.4 is 0 Å². The van der Waals surface area contributed by atoms with Gasteiger partial charge in [-0.1, -0.05) is 0 Å². The molecule has 0 rings (SSSR count). The zero-order valence-electron chi connectivity index (χ0n) is 3.13. The fourth-order valence-electron chi connectivity index (χ4n) is 0. The molecule has 0 aromatic carbocycles. The van der Waals surface area contributed by atoms with Crippen molar-refractivity contribution in [1.29, 1.82) is 0 Å². The monoisotopic (exact) mass is 352 g/mol. The van der Waals surface area contributed by atoms with E-state index in [0.29, 0.717) is 0 Å². The van der Waals surface area contributed by atoms with Crippen LogP contribution in [-0.2, 0) is 52.6 Å². The van der Waals surface area contributed by atoms with Gasteiger partial charge in [-0.15, -0.1) is 0 Å². The molecule has 0 aromatic rings. The van der Waals surface area contributed by atoms with Crippen molar-refractivity contribution in [3.8, 4) is 0 Å². The van der Waals surface area contributed by atoms with Crippen LogP contribution in [0.1, 0.15) is 0 Å². The van der Waals surface area contributed by atoms with Gasteiger partial charge in [0.05, 0.1) is 0 Å². The Kier molecular flexibility index (Phi) is 579. The van der Waals surface area contributed by atoms with E-state index in [-0.39, 0.29) is 82.2 Å². The molecule has 0 saturated heterocycles. The summed E-state index contributed by atoms with van der Waals surface area (Å²) in [6.07, 6.45) is 0. The van der Waals surface area contributed by atoms with Crippen LogP contribution in [0.5, 0.6) is 0 Å². The van der Waals surface area contributed by atoms with Crippen LogP contribution in [0.3, 0.4) is 0 Å². The predicted molar refractivity (Wildman–Crippen MR) is 13.6 cm³/mol. The molecule has 3 nitrogen and oxygen atoms in total. The third-order valence-corrected chi connectivity index (χ3v) is 0.